The van der Waals surface area contributed by atoms with Crippen molar-refractivity contribution < 1.29 is 0 Å². The number of aromatic nitrogens is 4. The number of nitrogens with one attached hydrogen (secondary N) is 1. The van der Waals surface area contributed by atoms with E-state index in [2.05, 4.69) is 15.0 Å². The summed E-state index contributed by atoms with van der Waals surface area (Å²) >= 11 is 0. The normalized spacial score (nSPS) is 11.3. The van der Waals surface area contributed by atoms with Gasteiger partial charge < -0.3 is 4.98 Å². The third kappa shape index (κ3) is 1.12. The van der Waals surface area contributed by atoms with Crippen molar-refractivity contribution in [3.8, 4) is 0 Å². The van der Waals surface area contributed by atoms with Crippen LogP contribution in [0.2, 0.25) is 0 Å². The summed E-state index contributed by atoms with van der Waals surface area (Å²) in [6.45, 7) is 3.87. The maximum Gasteiger partial charge on any atom is 0.279 e. The minimum absolute atomic E-state index is 0.0718. The van der Waals surface area contributed by atoms with Crippen LogP contribution < -0.4 is 5.56 Å². The van der Waals surface area contributed by atoms with Crippen LogP contribution in [0, 0.1) is 0 Å². The highest BCUT2D eigenvalue weighted by Gasteiger charge is 2.07. The average molecular weight is 178 g/mol. The Hall–Kier alpha value is -1.65. The predicted molar refractivity (Wildman–Crippen MR) is 48.5 cm³/mol. The molecule has 0 bridgehead atoms. The van der Waals surface area contributed by atoms with Crippen LogP contribution in [-0.4, -0.2) is 19.5 Å². The largest absolute Gasteiger partial charge is 0.339 e. The molecule has 0 aliphatic heterocycles. The number of imidazole rings is 1. The highest BCUT2D eigenvalue weighted by molar-refractivity contribution is 5.67. The number of hydrogen-bond acceptors (Lipinski definition) is 3. The Bertz CT molecular complexity index is 482. The van der Waals surface area contributed by atoms with Crippen molar-refractivity contribution in [3.05, 3.63) is 23.0 Å². The molecule has 0 aliphatic rings. The molecular weight excluding hydrogens is 168 g/mol. The molecule has 1 N–H and O–H groups in total. The van der Waals surface area contributed by atoms with Crippen LogP contribution in [0.25, 0.3) is 11.2 Å². The SMILES string of the molecule is CC(C)n1cnc2nc[nH]c2c1=O. The van der Waals surface area contributed by atoms with E-state index in [1.165, 1.54) is 12.7 Å². The molecule has 13 heavy (non-hydrogen) atoms. The Kier molecular flexibility index (Phi) is 1.65. The molecule has 0 saturated carbocycles. The van der Waals surface area contributed by atoms with Gasteiger partial charge in [0.1, 0.15) is 6.33 Å². The van der Waals surface area contributed by atoms with Crippen LogP contribution in [-0.2, 0) is 0 Å². The third-order valence-corrected chi connectivity index (χ3v) is 1.93. The van der Waals surface area contributed by atoms with Gasteiger partial charge in [-0.3, -0.25) is 9.36 Å². The Morgan fingerprint density at radius 2 is 2.23 bits per heavy atom. The molecule has 0 atom stereocenters. The van der Waals surface area contributed by atoms with Crippen molar-refractivity contribution in [1.82, 2.24) is 19.5 Å². The van der Waals surface area contributed by atoms with Crippen LogP contribution in [0.4, 0.5) is 0 Å². The van der Waals surface area contributed by atoms with E-state index in [1.54, 1.807) is 4.57 Å². The summed E-state index contributed by atoms with van der Waals surface area (Å²) in [5, 5.41) is 0. The Balaban J connectivity index is 2.81. The third-order valence-electron chi connectivity index (χ3n) is 1.93. The molecule has 2 heterocycles. The average Bonchev–Trinajstić information content (AvgIpc) is 2.52. The standard InChI is InChI=1S/C8H10N4O/c1-5(2)12-4-11-7-6(8(12)13)9-3-10-7/h3-5H,1-2H3,(H,9,10). The zero-order valence-corrected chi connectivity index (χ0v) is 7.48. The highest BCUT2D eigenvalue weighted by atomic mass is 16.1. The second-order valence-corrected chi connectivity index (χ2v) is 3.15. The van der Waals surface area contributed by atoms with E-state index < -0.39 is 0 Å². The number of H-pyrrole nitrogens is 1. The second kappa shape index (κ2) is 2.69. The molecule has 0 fully saturated rings. The summed E-state index contributed by atoms with van der Waals surface area (Å²) in [5.41, 5.74) is 0.871. The van der Waals surface area contributed by atoms with Crippen molar-refractivity contribution in [1.29, 1.82) is 0 Å². The van der Waals surface area contributed by atoms with Gasteiger partial charge in [0.2, 0.25) is 0 Å². The van der Waals surface area contributed by atoms with Gasteiger partial charge in [-0.2, -0.15) is 0 Å². The fourth-order valence-electron chi connectivity index (χ4n) is 1.21. The van der Waals surface area contributed by atoms with E-state index >= 15 is 0 Å². The van der Waals surface area contributed by atoms with Gasteiger partial charge in [-0.15, -0.1) is 0 Å². The molecule has 2 rings (SSSR count). The quantitative estimate of drug-likeness (QED) is 0.699. The van der Waals surface area contributed by atoms with Gasteiger partial charge in [0.15, 0.2) is 11.2 Å². The van der Waals surface area contributed by atoms with E-state index in [4.69, 9.17) is 0 Å². The first-order valence-corrected chi connectivity index (χ1v) is 4.10. The maximum absolute atomic E-state index is 11.7. The molecule has 68 valence electrons. The second-order valence-electron chi connectivity index (χ2n) is 3.15. The lowest BCUT2D eigenvalue weighted by atomic mass is 10.4. The maximum atomic E-state index is 11.7. The summed E-state index contributed by atoms with van der Waals surface area (Å²) in [5.74, 6) is 0. The number of nitrogens with zero attached hydrogens (tertiary/aromatic N) is 3. The Morgan fingerprint density at radius 1 is 1.46 bits per heavy atom. The van der Waals surface area contributed by atoms with E-state index in [9.17, 15) is 4.79 Å². The van der Waals surface area contributed by atoms with Gasteiger partial charge in [0.25, 0.3) is 5.56 Å². The predicted octanol–water partition coefficient (Wildman–Crippen LogP) is 0.700. The van der Waals surface area contributed by atoms with Gasteiger partial charge in [-0.1, -0.05) is 0 Å². The van der Waals surface area contributed by atoms with Crippen LogP contribution in [0.1, 0.15) is 19.9 Å². The highest BCUT2D eigenvalue weighted by Crippen LogP contribution is 2.02. The van der Waals surface area contributed by atoms with Crippen molar-refractivity contribution in [3.63, 3.8) is 0 Å². The smallest absolute Gasteiger partial charge is 0.279 e. The first kappa shape index (κ1) is 7.97. The van der Waals surface area contributed by atoms with Crippen molar-refractivity contribution in [2.45, 2.75) is 19.9 Å². The Labute approximate surface area is 74.4 Å². The van der Waals surface area contributed by atoms with Crippen molar-refractivity contribution in [2.75, 3.05) is 0 Å². The van der Waals surface area contributed by atoms with E-state index in [0.29, 0.717) is 11.2 Å². The fourth-order valence-corrected chi connectivity index (χ4v) is 1.21. The van der Waals surface area contributed by atoms with Gasteiger partial charge in [-0.25, -0.2) is 9.97 Å². The molecular formula is C8H10N4O. The molecule has 0 saturated heterocycles. The molecule has 0 radical (unpaired) electrons. The molecule has 2 aromatic rings. The minimum Gasteiger partial charge on any atom is -0.339 e. The van der Waals surface area contributed by atoms with Gasteiger partial charge in [0.05, 0.1) is 6.33 Å². The zero-order valence-electron chi connectivity index (χ0n) is 7.48. The molecule has 0 amide bonds. The van der Waals surface area contributed by atoms with E-state index in [-0.39, 0.29) is 11.6 Å². The van der Waals surface area contributed by atoms with E-state index in [1.807, 2.05) is 13.8 Å². The minimum atomic E-state index is -0.0718. The number of aromatic amines is 1. The van der Waals surface area contributed by atoms with Crippen LogP contribution in [0.3, 0.4) is 0 Å². The van der Waals surface area contributed by atoms with E-state index in [0.717, 1.165) is 0 Å². The lowest BCUT2D eigenvalue weighted by Crippen LogP contribution is -2.22. The van der Waals surface area contributed by atoms with Gasteiger partial charge in [-0.05, 0) is 13.8 Å². The molecule has 0 aliphatic carbocycles. The fraction of sp³-hybridized carbons (Fsp3) is 0.375. The van der Waals surface area contributed by atoms with Crippen LogP contribution in [0.15, 0.2) is 17.4 Å². The molecule has 2 aromatic heterocycles. The monoisotopic (exact) mass is 178 g/mol. The topological polar surface area (TPSA) is 63.6 Å². The van der Waals surface area contributed by atoms with Gasteiger partial charge >= 0.3 is 0 Å². The van der Waals surface area contributed by atoms with Crippen LogP contribution >= 0.6 is 0 Å². The molecule has 5 heteroatoms. The van der Waals surface area contributed by atoms with Crippen LogP contribution in [0.5, 0.6) is 0 Å². The summed E-state index contributed by atoms with van der Waals surface area (Å²) in [6, 6.07) is 0.118. The number of rotatable bonds is 1. The first-order chi connectivity index (χ1) is 6.20. The Morgan fingerprint density at radius 3 is 2.92 bits per heavy atom. The molecule has 0 spiro atoms. The first-order valence-electron chi connectivity index (χ1n) is 4.10. The number of fused-ring (bicyclic) bond motifs is 1. The van der Waals surface area contributed by atoms with Crippen molar-refractivity contribution in [2.24, 2.45) is 0 Å². The molecule has 0 aromatic carbocycles. The lowest BCUT2D eigenvalue weighted by molar-refractivity contribution is 0.572. The van der Waals surface area contributed by atoms with Crippen molar-refractivity contribution >= 4 is 11.2 Å². The lowest BCUT2D eigenvalue weighted by Gasteiger charge is -2.07. The summed E-state index contributed by atoms with van der Waals surface area (Å²) in [6.07, 6.45) is 3.00. The summed E-state index contributed by atoms with van der Waals surface area (Å²) in [7, 11) is 0. The molecule has 0 unspecified atom stereocenters. The zero-order chi connectivity index (χ0) is 9.42. The number of hydrogen-bond donors (Lipinski definition) is 1. The summed E-state index contributed by atoms with van der Waals surface area (Å²) in [4.78, 5) is 22.4. The molecule has 5 nitrogen and oxygen atoms in total. The van der Waals surface area contributed by atoms with Gasteiger partial charge in [0, 0.05) is 6.04 Å². The summed E-state index contributed by atoms with van der Waals surface area (Å²) < 4.78 is 1.57.